The molecule has 1 heterocycles. The second kappa shape index (κ2) is 4.99. The lowest BCUT2D eigenvalue weighted by Gasteiger charge is -2.36. The largest absolute Gasteiger partial charge is 0.339 e. The maximum Gasteiger partial charge on any atom is 0.222 e. The normalized spacial score (nSPS) is 29.0. The van der Waals surface area contributed by atoms with Gasteiger partial charge >= 0.3 is 0 Å². The van der Waals surface area contributed by atoms with Crippen LogP contribution in [0.15, 0.2) is 0 Å². The molecule has 0 aliphatic carbocycles. The summed E-state index contributed by atoms with van der Waals surface area (Å²) >= 11 is 3.58. The average molecular weight is 248 g/mol. The van der Waals surface area contributed by atoms with E-state index in [-0.39, 0.29) is 0 Å². The van der Waals surface area contributed by atoms with Crippen LogP contribution in [0.4, 0.5) is 0 Å². The Kier molecular flexibility index (Phi) is 4.23. The van der Waals surface area contributed by atoms with E-state index in [4.69, 9.17) is 0 Å². The number of rotatable bonds is 2. The predicted molar refractivity (Wildman–Crippen MR) is 58.0 cm³/mol. The summed E-state index contributed by atoms with van der Waals surface area (Å²) < 4.78 is 0. The molecule has 13 heavy (non-hydrogen) atoms. The maximum atomic E-state index is 11.7. The van der Waals surface area contributed by atoms with Gasteiger partial charge in [0.2, 0.25) is 5.91 Å². The fourth-order valence-electron chi connectivity index (χ4n) is 1.77. The summed E-state index contributed by atoms with van der Waals surface area (Å²) in [6.45, 7) is 5.09. The Balaban J connectivity index is 2.50. The van der Waals surface area contributed by atoms with Crippen molar-refractivity contribution in [1.29, 1.82) is 0 Å². The molecule has 0 radical (unpaired) electrons. The third-order valence-electron chi connectivity index (χ3n) is 2.61. The van der Waals surface area contributed by atoms with E-state index in [0.29, 0.717) is 23.2 Å². The molecule has 3 heteroatoms. The third kappa shape index (κ3) is 2.97. The van der Waals surface area contributed by atoms with Crippen molar-refractivity contribution in [2.24, 2.45) is 0 Å². The van der Waals surface area contributed by atoms with Crippen molar-refractivity contribution in [3.05, 3.63) is 0 Å². The summed E-state index contributed by atoms with van der Waals surface area (Å²) in [6, 6.07) is 0.438. The van der Waals surface area contributed by atoms with Crippen LogP contribution in [-0.2, 0) is 4.79 Å². The Morgan fingerprint density at radius 2 is 2.23 bits per heavy atom. The predicted octanol–water partition coefficient (Wildman–Crippen LogP) is 2.56. The van der Waals surface area contributed by atoms with E-state index in [9.17, 15) is 4.79 Å². The number of alkyl halides is 1. The van der Waals surface area contributed by atoms with Gasteiger partial charge in [-0.25, -0.2) is 0 Å². The molecule has 2 nitrogen and oxygen atoms in total. The Morgan fingerprint density at radius 1 is 1.54 bits per heavy atom. The van der Waals surface area contributed by atoms with Crippen molar-refractivity contribution in [2.45, 2.75) is 50.4 Å². The second-order valence-electron chi connectivity index (χ2n) is 3.82. The van der Waals surface area contributed by atoms with Gasteiger partial charge in [-0.2, -0.15) is 0 Å². The fraction of sp³-hybridized carbons (Fsp3) is 0.900. The smallest absolute Gasteiger partial charge is 0.222 e. The van der Waals surface area contributed by atoms with Gasteiger partial charge in [0.25, 0.3) is 0 Å². The number of nitrogens with zero attached hydrogens (tertiary/aromatic N) is 1. The minimum absolute atomic E-state index is 0.319. The van der Waals surface area contributed by atoms with Crippen LogP contribution >= 0.6 is 15.9 Å². The first kappa shape index (κ1) is 11.0. The van der Waals surface area contributed by atoms with Crippen molar-refractivity contribution in [3.8, 4) is 0 Å². The number of carbonyl (C=O) groups is 1. The summed E-state index contributed by atoms with van der Waals surface area (Å²) in [7, 11) is 0. The lowest BCUT2D eigenvalue weighted by Crippen LogP contribution is -2.45. The van der Waals surface area contributed by atoms with E-state index in [1.54, 1.807) is 0 Å². The lowest BCUT2D eigenvalue weighted by atomic mass is 10.0. The minimum atomic E-state index is 0.319. The summed E-state index contributed by atoms with van der Waals surface area (Å²) in [5.41, 5.74) is 0. The molecule has 76 valence electrons. The molecule has 1 amide bonds. The van der Waals surface area contributed by atoms with Crippen LogP contribution < -0.4 is 0 Å². The summed E-state index contributed by atoms with van der Waals surface area (Å²) in [5.74, 6) is 0.319. The molecule has 0 aromatic heterocycles. The molecule has 0 spiro atoms. The lowest BCUT2D eigenvalue weighted by molar-refractivity contribution is -0.134. The van der Waals surface area contributed by atoms with E-state index in [0.717, 1.165) is 19.4 Å². The molecule has 2 atom stereocenters. The van der Waals surface area contributed by atoms with Gasteiger partial charge < -0.3 is 4.90 Å². The van der Waals surface area contributed by atoms with Crippen LogP contribution in [0.5, 0.6) is 0 Å². The van der Waals surface area contributed by atoms with Crippen LogP contribution in [0.25, 0.3) is 0 Å². The van der Waals surface area contributed by atoms with Gasteiger partial charge in [0.05, 0.1) is 0 Å². The van der Waals surface area contributed by atoms with Crippen LogP contribution in [0.2, 0.25) is 0 Å². The molecule has 0 aromatic carbocycles. The van der Waals surface area contributed by atoms with Gasteiger partial charge in [-0.15, -0.1) is 0 Å². The molecular weight excluding hydrogens is 230 g/mol. The van der Waals surface area contributed by atoms with E-state index in [1.807, 2.05) is 4.90 Å². The van der Waals surface area contributed by atoms with Gasteiger partial charge in [0.15, 0.2) is 0 Å². The van der Waals surface area contributed by atoms with E-state index in [1.165, 1.54) is 6.42 Å². The van der Waals surface area contributed by atoms with E-state index in [2.05, 4.69) is 29.8 Å². The van der Waals surface area contributed by atoms with E-state index < -0.39 is 0 Å². The summed E-state index contributed by atoms with van der Waals surface area (Å²) in [6.07, 6.45) is 3.97. The number of amides is 1. The quantitative estimate of drug-likeness (QED) is 0.688. The zero-order valence-electron chi connectivity index (χ0n) is 8.42. The standard InChI is InChI=1S/C10H18BrNO/c1-3-4-10(13)12-7-9(11)6-5-8(12)2/h8-9H,3-7H2,1-2H3. The van der Waals surface area contributed by atoms with Crippen molar-refractivity contribution in [1.82, 2.24) is 4.90 Å². The zero-order valence-corrected chi connectivity index (χ0v) is 10.0. The number of likely N-dealkylation sites (tertiary alicyclic amines) is 1. The number of carbonyl (C=O) groups excluding carboxylic acids is 1. The molecule has 1 aliphatic heterocycles. The first-order valence-corrected chi connectivity index (χ1v) is 6.00. The highest BCUT2D eigenvalue weighted by molar-refractivity contribution is 9.09. The van der Waals surface area contributed by atoms with Crippen LogP contribution in [0.1, 0.15) is 39.5 Å². The molecule has 0 bridgehead atoms. The van der Waals surface area contributed by atoms with Crippen LogP contribution in [-0.4, -0.2) is 28.2 Å². The molecule has 0 N–H and O–H groups in total. The first-order chi connectivity index (χ1) is 6.15. The van der Waals surface area contributed by atoms with Crippen molar-refractivity contribution in [2.75, 3.05) is 6.54 Å². The van der Waals surface area contributed by atoms with Crippen molar-refractivity contribution in [3.63, 3.8) is 0 Å². The SMILES string of the molecule is CCCC(=O)N1CC(Br)CCC1C. The summed E-state index contributed by atoms with van der Waals surface area (Å²) in [5, 5.41) is 0. The Hall–Kier alpha value is -0.0500. The Labute approximate surface area is 88.8 Å². The molecular formula is C10H18BrNO. The molecule has 2 unspecified atom stereocenters. The number of hydrogen-bond donors (Lipinski definition) is 0. The van der Waals surface area contributed by atoms with Gasteiger partial charge in [-0.1, -0.05) is 22.9 Å². The zero-order chi connectivity index (χ0) is 9.84. The van der Waals surface area contributed by atoms with Gasteiger partial charge in [-0.05, 0) is 26.2 Å². The molecule has 0 aromatic rings. The van der Waals surface area contributed by atoms with Gasteiger partial charge in [0.1, 0.15) is 0 Å². The third-order valence-corrected chi connectivity index (χ3v) is 3.36. The van der Waals surface area contributed by atoms with Gasteiger partial charge in [-0.3, -0.25) is 4.79 Å². The van der Waals surface area contributed by atoms with Gasteiger partial charge in [0, 0.05) is 23.8 Å². The Bertz CT molecular complexity index is 184. The number of piperidine rings is 1. The first-order valence-electron chi connectivity index (χ1n) is 5.08. The minimum Gasteiger partial charge on any atom is -0.339 e. The molecule has 1 saturated heterocycles. The topological polar surface area (TPSA) is 20.3 Å². The highest BCUT2D eigenvalue weighted by atomic mass is 79.9. The monoisotopic (exact) mass is 247 g/mol. The van der Waals surface area contributed by atoms with Crippen molar-refractivity contribution >= 4 is 21.8 Å². The molecule has 0 saturated carbocycles. The number of hydrogen-bond acceptors (Lipinski definition) is 1. The Morgan fingerprint density at radius 3 is 2.85 bits per heavy atom. The molecule has 1 aliphatic rings. The second-order valence-corrected chi connectivity index (χ2v) is 5.11. The molecule has 1 fully saturated rings. The highest BCUT2D eigenvalue weighted by Crippen LogP contribution is 2.22. The maximum absolute atomic E-state index is 11.7. The van der Waals surface area contributed by atoms with Crippen LogP contribution in [0, 0.1) is 0 Å². The highest BCUT2D eigenvalue weighted by Gasteiger charge is 2.26. The molecule has 1 rings (SSSR count). The average Bonchev–Trinajstić information content (AvgIpc) is 2.09. The van der Waals surface area contributed by atoms with E-state index >= 15 is 0 Å². The number of halogens is 1. The van der Waals surface area contributed by atoms with Crippen LogP contribution in [0.3, 0.4) is 0 Å². The summed E-state index contributed by atoms with van der Waals surface area (Å²) in [4.78, 5) is 14.2. The fourth-order valence-corrected chi connectivity index (χ4v) is 2.34. The van der Waals surface area contributed by atoms with Crippen molar-refractivity contribution < 1.29 is 4.79 Å².